The van der Waals surface area contributed by atoms with Crippen LogP contribution < -0.4 is 0 Å². The fourth-order valence-corrected chi connectivity index (χ4v) is 5.65. The number of ether oxygens (including phenoxy) is 5. The minimum Gasteiger partial charge on any atom is -0.457 e. The topological polar surface area (TPSA) is 124 Å². The Morgan fingerprint density at radius 2 is 1.88 bits per heavy atom. The van der Waals surface area contributed by atoms with Gasteiger partial charge in [0.15, 0.2) is 0 Å². The summed E-state index contributed by atoms with van der Waals surface area (Å²) in [5, 5.41) is 21.4. The number of hydrogen-bond acceptors (Lipinski definition) is 9. The van der Waals surface area contributed by atoms with Gasteiger partial charge >= 0.3 is 11.9 Å². The van der Waals surface area contributed by atoms with Gasteiger partial charge in [-0.25, -0.2) is 0 Å². The second kappa shape index (κ2) is 16.0. The Labute approximate surface area is 245 Å². The van der Waals surface area contributed by atoms with Gasteiger partial charge in [-0.3, -0.25) is 9.59 Å². The van der Waals surface area contributed by atoms with Crippen molar-refractivity contribution in [3.05, 3.63) is 36.0 Å². The van der Waals surface area contributed by atoms with Gasteiger partial charge in [-0.1, -0.05) is 52.0 Å². The quantitative estimate of drug-likeness (QED) is 0.159. The number of methoxy groups -OCH3 is 2. The molecule has 0 aromatic carbocycles. The molecule has 0 aliphatic carbocycles. The summed E-state index contributed by atoms with van der Waals surface area (Å²) in [5.41, 5.74) is -0.609. The number of hydrogen-bond donors (Lipinski definition) is 2. The fourth-order valence-electron chi connectivity index (χ4n) is 5.65. The van der Waals surface area contributed by atoms with Crippen molar-refractivity contribution in [3.8, 4) is 0 Å². The molecule has 0 spiro atoms. The molecule has 2 aliphatic heterocycles. The Morgan fingerprint density at radius 3 is 2.46 bits per heavy atom. The summed E-state index contributed by atoms with van der Waals surface area (Å²) in [6.45, 7) is 12.9. The van der Waals surface area contributed by atoms with E-state index >= 15 is 0 Å². The molecule has 0 aromatic rings. The average molecular weight is 581 g/mol. The lowest BCUT2D eigenvalue weighted by molar-refractivity contribution is -0.157. The smallest absolute Gasteiger partial charge is 0.309 e. The van der Waals surface area contributed by atoms with Crippen molar-refractivity contribution >= 4 is 11.9 Å². The molecular weight excluding hydrogens is 528 g/mol. The van der Waals surface area contributed by atoms with Crippen LogP contribution >= 0.6 is 0 Å². The Kier molecular flexibility index (Phi) is 13.7. The zero-order chi connectivity index (χ0) is 30.9. The maximum absolute atomic E-state index is 12.7. The molecule has 9 nitrogen and oxygen atoms in total. The number of aliphatic hydroxyl groups excluding tert-OH is 1. The molecular formula is C32H52O9. The Balaban J connectivity index is 2.20. The number of aliphatic hydroxyl groups is 2. The lowest BCUT2D eigenvalue weighted by Crippen LogP contribution is -2.42. The molecule has 0 unspecified atom stereocenters. The minimum absolute atomic E-state index is 0.00449. The van der Waals surface area contributed by atoms with Crippen molar-refractivity contribution in [3.63, 3.8) is 0 Å². The van der Waals surface area contributed by atoms with Crippen LogP contribution in [0.4, 0.5) is 0 Å². The number of esters is 2. The number of carbonyl (C=O) groups excluding carboxylic acids is 2. The van der Waals surface area contributed by atoms with Crippen LogP contribution in [0.15, 0.2) is 36.0 Å². The first-order chi connectivity index (χ1) is 19.2. The second-order valence-electron chi connectivity index (χ2n) is 11.9. The zero-order valence-corrected chi connectivity index (χ0v) is 26.2. The van der Waals surface area contributed by atoms with Crippen molar-refractivity contribution in [1.82, 2.24) is 0 Å². The third-order valence-electron chi connectivity index (χ3n) is 8.33. The molecule has 0 radical (unpaired) electrons. The SMILES string of the molecule is CC[C@H](OC)[C@@H](C)[C@H]1O[C@@H]1[C@@H](OC)[C@H](C)/C=C/C=C(\C)[C@H]1OC(=O)C[C@H](O)CC[C@@](C)(O)[C@@H](OC(C)=O)/C=C/[C@@H]1C. The molecule has 1 fully saturated rings. The van der Waals surface area contributed by atoms with Crippen molar-refractivity contribution in [2.75, 3.05) is 14.2 Å². The van der Waals surface area contributed by atoms with Crippen molar-refractivity contribution < 1.29 is 43.5 Å². The molecule has 2 N–H and O–H groups in total. The first-order valence-electron chi connectivity index (χ1n) is 14.8. The molecule has 234 valence electrons. The summed E-state index contributed by atoms with van der Waals surface area (Å²) in [6, 6.07) is 0. The van der Waals surface area contributed by atoms with Crippen LogP contribution in [0.25, 0.3) is 0 Å². The molecule has 11 atom stereocenters. The van der Waals surface area contributed by atoms with Gasteiger partial charge in [0.05, 0.1) is 30.8 Å². The van der Waals surface area contributed by atoms with Gasteiger partial charge < -0.3 is 33.9 Å². The summed E-state index contributed by atoms with van der Waals surface area (Å²) >= 11 is 0. The van der Waals surface area contributed by atoms with Crippen LogP contribution in [-0.4, -0.2) is 84.7 Å². The fraction of sp³-hybridized carbons (Fsp3) is 0.750. The maximum atomic E-state index is 12.7. The molecule has 0 aromatic heterocycles. The van der Waals surface area contributed by atoms with Gasteiger partial charge in [0.25, 0.3) is 0 Å². The molecule has 0 saturated carbocycles. The first-order valence-corrected chi connectivity index (χ1v) is 14.8. The minimum atomic E-state index is -1.41. The molecule has 2 heterocycles. The van der Waals surface area contributed by atoms with E-state index in [0.29, 0.717) is 0 Å². The van der Waals surface area contributed by atoms with Gasteiger partial charge in [0.2, 0.25) is 0 Å². The number of carbonyl (C=O) groups is 2. The molecule has 2 aliphatic rings. The van der Waals surface area contributed by atoms with Gasteiger partial charge in [0, 0.05) is 38.9 Å². The van der Waals surface area contributed by atoms with E-state index in [-0.39, 0.29) is 61.4 Å². The van der Waals surface area contributed by atoms with E-state index in [1.54, 1.807) is 33.3 Å². The lowest BCUT2D eigenvalue weighted by Gasteiger charge is -2.32. The highest BCUT2D eigenvalue weighted by Gasteiger charge is 2.51. The molecule has 41 heavy (non-hydrogen) atoms. The molecule has 0 amide bonds. The van der Waals surface area contributed by atoms with Crippen LogP contribution in [0.1, 0.15) is 74.1 Å². The molecule has 2 rings (SSSR count). The van der Waals surface area contributed by atoms with Gasteiger partial charge in [-0.05, 0) is 44.8 Å². The number of rotatable bonds is 11. The standard InChI is InChI=1S/C32H52O9/c1-10-25(37-8)22(5)30-31(41-30)29(38-9)20(3)13-11-12-19(2)28-21(4)14-15-26(39-23(6)33)32(7,36)17-16-24(34)18-27(35)40-28/h11-15,20-22,24-26,28-31,34,36H,10,16-18H2,1-9H3/b13-11+,15-14+,19-12+/t20-,21+,22-,24-,25+,26+,28-,29+,30-,31-,32-/m1/s1. The lowest BCUT2D eigenvalue weighted by atomic mass is 9.88. The molecule has 0 bridgehead atoms. The normalized spacial score (nSPS) is 35.4. The summed E-state index contributed by atoms with van der Waals surface area (Å²) in [4.78, 5) is 24.4. The van der Waals surface area contributed by atoms with Crippen LogP contribution in [0.2, 0.25) is 0 Å². The van der Waals surface area contributed by atoms with E-state index in [9.17, 15) is 19.8 Å². The summed E-state index contributed by atoms with van der Waals surface area (Å²) < 4.78 is 28.6. The Morgan fingerprint density at radius 1 is 1.20 bits per heavy atom. The largest absolute Gasteiger partial charge is 0.457 e. The number of cyclic esters (lactones) is 1. The molecule has 1 saturated heterocycles. The highest BCUT2D eigenvalue weighted by Crippen LogP contribution is 2.38. The van der Waals surface area contributed by atoms with Crippen molar-refractivity contribution in [2.24, 2.45) is 17.8 Å². The summed E-state index contributed by atoms with van der Waals surface area (Å²) in [7, 11) is 3.43. The van der Waals surface area contributed by atoms with Gasteiger partial charge in [0.1, 0.15) is 23.9 Å². The zero-order valence-electron chi connectivity index (χ0n) is 26.2. The summed E-state index contributed by atoms with van der Waals surface area (Å²) in [6.07, 6.45) is 7.91. The van der Waals surface area contributed by atoms with Crippen LogP contribution in [0, 0.1) is 17.8 Å². The second-order valence-corrected chi connectivity index (χ2v) is 11.9. The predicted molar refractivity (Wildman–Crippen MR) is 156 cm³/mol. The average Bonchev–Trinajstić information content (AvgIpc) is 3.69. The van der Waals surface area contributed by atoms with Gasteiger partial charge in [-0.2, -0.15) is 0 Å². The maximum Gasteiger partial charge on any atom is 0.309 e. The first kappa shape index (κ1) is 35.2. The van der Waals surface area contributed by atoms with Crippen molar-refractivity contribution in [1.29, 1.82) is 0 Å². The third kappa shape index (κ3) is 10.3. The van der Waals surface area contributed by atoms with Gasteiger partial charge in [-0.15, -0.1) is 0 Å². The highest BCUT2D eigenvalue weighted by atomic mass is 16.6. The molecule has 9 heteroatoms. The monoisotopic (exact) mass is 580 g/mol. The Hall–Kier alpha value is -2.04. The Bertz CT molecular complexity index is 935. The number of epoxide rings is 1. The van der Waals surface area contributed by atoms with E-state index in [1.807, 2.05) is 32.1 Å². The van der Waals surface area contributed by atoms with E-state index in [2.05, 4.69) is 20.8 Å². The number of allylic oxidation sites excluding steroid dienone is 2. The van der Waals surface area contributed by atoms with Crippen LogP contribution in [-0.2, 0) is 33.3 Å². The van der Waals surface area contributed by atoms with Crippen LogP contribution in [0.5, 0.6) is 0 Å². The summed E-state index contributed by atoms with van der Waals surface area (Å²) in [5.74, 6) is -1.01. The van der Waals surface area contributed by atoms with Crippen molar-refractivity contribution in [2.45, 2.75) is 122 Å². The van der Waals surface area contributed by atoms with E-state index < -0.39 is 35.9 Å². The van der Waals surface area contributed by atoms with Crippen LogP contribution in [0.3, 0.4) is 0 Å². The highest BCUT2D eigenvalue weighted by molar-refractivity contribution is 5.70. The van der Waals surface area contributed by atoms with E-state index in [0.717, 1.165) is 12.0 Å². The predicted octanol–water partition coefficient (Wildman–Crippen LogP) is 4.30. The third-order valence-corrected chi connectivity index (χ3v) is 8.33. The van der Waals surface area contributed by atoms with E-state index in [1.165, 1.54) is 6.92 Å². The van der Waals surface area contributed by atoms with E-state index in [4.69, 9.17) is 23.7 Å².